The molecule has 0 saturated heterocycles. The van der Waals surface area contributed by atoms with Gasteiger partial charge in [0.2, 0.25) is 0 Å². The van der Waals surface area contributed by atoms with Gasteiger partial charge in [0, 0.05) is 25.2 Å². The molecule has 0 unspecified atom stereocenters. The summed E-state index contributed by atoms with van der Waals surface area (Å²) in [7, 11) is 1.33. The standard InChI is InChI=1S/C12H15NO3/c1-4-13-10(6-8-12(15)16-3)5-7-11(13)9(2)14/h5-8H,4H2,1-3H3/b8-6+. The molecule has 0 aromatic carbocycles. The van der Waals surface area contributed by atoms with Crippen molar-refractivity contribution in [3.8, 4) is 0 Å². The minimum atomic E-state index is -0.409. The van der Waals surface area contributed by atoms with Crippen LogP contribution in [0.25, 0.3) is 6.08 Å². The van der Waals surface area contributed by atoms with E-state index in [1.165, 1.54) is 20.1 Å². The van der Waals surface area contributed by atoms with E-state index in [4.69, 9.17) is 0 Å². The summed E-state index contributed by atoms with van der Waals surface area (Å²) in [5, 5.41) is 0. The van der Waals surface area contributed by atoms with Crippen LogP contribution in [0.5, 0.6) is 0 Å². The number of ether oxygens (including phenoxy) is 1. The first-order valence-electron chi connectivity index (χ1n) is 5.06. The maximum Gasteiger partial charge on any atom is 0.330 e. The van der Waals surface area contributed by atoms with Gasteiger partial charge in [0.25, 0.3) is 0 Å². The number of methoxy groups -OCH3 is 1. The van der Waals surface area contributed by atoms with E-state index in [1.54, 1.807) is 18.2 Å². The summed E-state index contributed by atoms with van der Waals surface area (Å²) < 4.78 is 6.35. The highest BCUT2D eigenvalue weighted by atomic mass is 16.5. The summed E-state index contributed by atoms with van der Waals surface area (Å²) in [5.74, 6) is -0.396. The smallest absolute Gasteiger partial charge is 0.330 e. The average molecular weight is 221 g/mol. The highest BCUT2D eigenvalue weighted by molar-refractivity contribution is 5.93. The monoisotopic (exact) mass is 221 g/mol. The summed E-state index contributed by atoms with van der Waals surface area (Å²) in [6.07, 6.45) is 2.98. The first-order valence-corrected chi connectivity index (χ1v) is 5.06. The fourth-order valence-corrected chi connectivity index (χ4v) is 1.51. The van der Waals surface area contributed by atoms with Crippen LogP contribution in [0.2, 0.25) is 0 Å². The van der Waals surface area contributed by atoms with Crippen molar-refractivity contribution in [2.24, 2.45) is 0 Å². The Hall–Kier alpha value is -1.84. The maximum atomic E-state index is 11.3. The number of hydrogen-bond donors (Lipinski definition) is 0. The molecule has 0 amide bonds. The van der Waals surface area contributed by atoms with Crippen molar-refractivity contribution in [2.45, 2.75) is 20.4 Å². The van der Waals surface area contributed by atoms with Crippen molar-refractivity contribution in [1.82, 2.24) is 4.57 Å². The SMILES string of the molecule is CCn1c(/C=C/C(=O)OC)ccc1C(C)=O. The summed E-state index contributed by atoms with van der Waals surface area (Å²) in [6.45, 7) is 4.15. The zero-order valence-electron chi connectivity index (χ0n) is 9.69. The summed E-state index contributed by atoms with van der Waals surface area (Å²) in [4.78, 5) is 22.2. The highest BCUT2D eigenvalue weighted by Crippen LogP contribution is 2.11. The van der Waals surface area contributed by atoms with Crippen LogP contribution in [0.4, 0.5) is 0 Å². The number of rotatable bonds is 4. The van der Waals surface area contributed by atoms with Gasteiger partial charge in [0.1, 0.15) is 0 Å². The highest BCUT2D eigenvalue weighted by Gasteiger charge is 2.08. The second-order valence-electron chi connectivity index (χ2n) is 3.30. The zero-order valence-corrected chi connectivity index (χ0v) is 9.69. The van der Waals surface area contributed by atoms with Crippen LogP contribution < -0.4 is 0 Å². The molecule has 1 heterocycles. The van der Waals surface area contributed by atoms with Crippen LogP contribution in [0.1, 0.15) is 30.0 Å². The van der Waals surface area contributed by atoms with E-state index in [2.05, 4.69) is 4.74 Å². The Morgan fingerprint density at radius 1 is 1.44 bits per heavy atom. The van der Waals surface area contributed by atoms with Crippen LogP contribution in [0.15, 0.2) is 18.2 Å². The Balaban J connectivity index is 3.02. The third kappa shape index (κ3) is 2.59. The summed E-state index contributed by atoms with van der Waals surface area (Å²) in [6, 6.07) is 3.56. The van der Waals surface area contributed by atoms with Crippen molar-refractivity contribution < 1.29 is 14.3 Å². The summed E-state index contributed by atoms with van der Waals surface area (Å²) >= 11 is 0. The predicted molar refractivity (Wildman–Crippen MR) is 61.2 cm³/mol. The van der Waals surface area contributed by atoms with Gasteiger partial charge in [0.05, 0.1) is 12.8 Å². The molecule has 4 heteroatoms. The molecule has 0 saturated carbocycles. The first-order chi connectivity index (χ1) is 7.60. The average Bonchev–Trinajstić information content (AvgIpc) is 2.68. The number of carbonyl (C=O) groups excluding carboxylic acids is 2. The predicted octanol–water partition coefficient (Wildman–Crippen LogP) is 1.90. The number of Topliss-reactive ketones (excluding diaryl/α,β-unsaturated/α-hetero) is 1. The van der Waals surface area contributed by atoms with Crippen LogP contribution in [0.3, 0.4) is 0 Å². The minimum Gasteiger partial charge on any atom is -0.466 e. The molecule has 0 fully saturated rings. The van der Waals surface area contributed by atoms with Crippen molar-refractivity contribution in [3.05, 3.63) is 29.6 Å². The number of carbonyl (C=O) groups is 2. The van der Waals surface area contributed by atoms with E-state index in [1.807, 2.05) is 11.5 Å². The second-order valence-corrected chi connectivity index (χ2v) is 3.30. The molecule has 1 rings (SSSR count). The first kappa shape index (κ1) is 12.2. The number of esters is 1. The minimum absolute atomic E-state index is 0.0135. The lowest BCUT2D eigenvalue weighted by molar-refractivity contribution is -0.134. The van der Waals surface area contributed by atoms with Gasteiger partial charge in [-0.2, -0.15) is 0 Å². The lowest BCUT2D eigenvalue weighted by atomic mass is 10.3. The van der Waals surface area contributed by atoms with Gasteiger partial charge in [-0.1, -0.05) is 0 Å². The number of ketones is 1. The maximum absolute atomic E-state index is 11.3. The van der Waals surface area contributed by atoms with Gasteiger partial charge in [-0.05, 0) is 25.1 Å². The van der Waals surface area contributed by atoms with E-state index in [-0.39, 0.29) is 5.78 Å². The van der Waals surface area contributed by atoms with E-state index >= 15 is 0 Å². The Morgan fingerprint density at radius 3 is 2.62 bits per heavy atom. The Bertz CT molecular complexity index is 429. The molecule has 0 aliphatic heterocycles. The number of hydrogen-bond acceptors (Lipinski definition) is 3. The molecule has 16 heavy (non-hydrogen) atoms. The number of aromatic nitrogens is 1. The van der Waals surface area contributed by atoms with Gasteiger partial charge in [-0.15, -0.1) is 0 Å². The van der Waals surface area contributed by atoms with Crippen molar-refractivity contribution in [1.29, 1.82) is 0 Å². The van der Waals surface area contributed by atoms with Gasteiger partial charge in [-0.3, -0.25) is 4.79 Å². The molecule has 0 N–H and O–H groups in total. The van der Waals surface area contributed by atoms with Gasteiger partial charge >= 0.3 is 5.97 Å². The molecule has 0 aliphatic rings. The largest absolute Gasteiger partial charge is 0.466 e. The zero-order chi connectivity index (χ0) is 12.1. The second kappa shape index (κ2) is 5.30. The lowest BCUT2D eigenvalue weighted by Gasteiger charge is -2.05. The topological polar surface area (TPSA) is 48.3 Å². The van der Waals surface area contributed by atoms with Crippen LogP contribution in [-0.2, 0) is 16.1 Å². The van der Waals surface area contributed by atoms with Crippen molar-refractivity contribution in [3.63, 3.8) is 0 Å². The van der Waals surface area contributed by atoms with Crippen LogP contribution in [-0.4, -0.2) is 23.4 Å². The molecule has 1 aromatic rings. The van der Waals surface area contributed by atoms with E-state index in [0.717, 1.165) is 5.69 Å². The fourth-order valence-electron chi connectivity index (χ4n) is 1.51. The van der Waals surface area contributed by atoms with E-state index in [9.17, 15) is 9.59 Å². The van der Waals surface area contributed by atoms with Gasteiger partial charge in [-0.25, -0.2) is 4.79 Å². The van der Waals surface area contributed by atoms with E-state index in [0.29, 0.717) is 12.2 Å². The third-order valence-electron chi connectivity index (χ3n) is 2.28. The molecule has 0 bridgehead atoms. The van der Waals surface area contributed by atoms with Gasteiger partial charge in [0.15, 0.2) is 5.78 Å². The van der Waals surface area contributed by atoms with Crippen LogP contribution in [0, 0.1) is 0 Å². The number of nitrogens with zero attached hydrogens (tertiary/aromatic N) is 1. The normalized spacial score (nSPS) is 10.7. The van der Waals surface area contributed by atoms with Crippen LogP contribution >= 0.6 is 0 Å². The molecule has 86 valence electrons. The third-order valence-corrected chi connectivity index (χ3v) is 2.28. The van der Waals surface area contributed by atoms with Crippen molar-refractivity contribution >= 4 is 17.8 Å². The molecule has 0 aliphatic carbocycles. The quantitative estimate of drug-likeness (QED) is 0.443. The molecular weight excluding hydrogens is 206 g/mol. The Morgan fingerprint density at radius 2 is 2.12 bits per heavy atom. The molecular formula is C12H15NO3. The Labute approximate surface area is 94.5 Å². The van der Waals surface area contributed by atoms with Crippen molar-refractivity contribution in [2.75, 3.05) is 7.11 Å². The molecule has 4 nitrogen and oxygen atoms in total. The Kier molecular flexibility index (Phi) is 4.05. The molecule has 1 aromatic heterocycles. The molecule has 0 atom stereocenters. The fraction of sp³-hybridized carbons (Fsp3) is 0.333. The van der Waals surface area contributed by atoms with E-state index < -0.39 is 5.97 Å². The molecule has 0 radical (unpaired) electrons. The lowest BCUT2D eigenvalue weighted by Crippen LogP contribution is -2.06. The molecule has 0 spiro atoms. The van der Waals surface area contributed by atoms with Gasteiger partial charge < -0.3 is 9.30 Å². The summed E-state index contributed by atoms with van der Waals surface area (Å²) in [5.41, 5.74) is 1.46.